The first-order chi connectivity index (χ1) is 13.8. The standard InChI is InChI=1S/C20H21ClN2O6/c1-27-14-7-8-15(18(9-14)28-2)17(24)11-29-19(25)10-16(23-20(22)26)12-3-5-13(21)6-4-12/h3-9,16H,10-11H2,1-2H3,(H3,22,23,26)/t16-/m0/s1. The van der Waals surface area contributed by atoms with Crippen molar-refractivity contribution in [3.05, 3.63) is 58.6 Å². The Hall–Kier alpha value is -3.26. The molecule has 29 heavy (non-hydrogen) atoms. The van der Waals surface area contributed by atoms with Crippen molar-refractivity contribution < 1.29 is 28.6 Å². The molecule has 0 aliphatic rings. The van der Waals surface area contributed by atoms with E-state index in [4.69, 9.17) is 31.5 Å². The average molecular weight is 421 g/mol. The van der Waals surface area contributed by atoms with Crippen LogP contribution in [0.3, 0.4) is 0 Å². The minimum absolute atomic E-state index is 0.211. The fourth-order valence-electron chi connectivity index (χ4n) is 2.60. The van der Waals surface area contributed by atoms with Crippen molar-refractivity contribution in [1.82, 2.24) is 5.32 Å². The van der Waals surface area contributed by atoms with Gasteiger partial charge in [-0.05, 0) is 29.8 Å². The van der Waals surface area contributed by atoms with Gasteiger partial charge in [-0.2, -0.15) is 0 Å². The van der Waals surface area contributed by atoms with Crippen molar-refractivity contribution in [2.45, 2.75) is 12.5 Å². The number of urea groups is 1. The maximum absolute atomic E-state index is 12.4. The molecule has 0 spiro atoms. The number of primary amides is 1. The largest absolute Gasteiger partial charge is 0.497 e. The Morgan fingerprint density at radius 2 is 1.76 bits per heavy atom. The molecule has 0 aromatic heterocycles. The van der Waals surface area contributed by atoms with Gasteiger partial charge in [-0.25, -0.2) is 4.79 Å². The summed E-state index contributed by atoms with van der Waals surface area (Å²) in [5.74, 6) is -0.290. The lowest BCUT2D eigenvalue weighted by molar-refractivity contribution is -0.143. The third-order valence-corrected chi connectivity index (χ3v) is 4.28. The molecular formula is C20H21ClN2O6. The molecular weight excluding hydrogens is 400 g/mol. The van der Waals surface area contributed by atoms with Crippen molar-refractivity contribution in [2.24, 2.45) is 5.73 Å². The first-order valence-electron chi connectivity index (χ1n) is 8.56. The van der Waals surface area contributed by atoms with Crippen LogP contribution in [0.15, 0.2) is 42.5 Å². The van der Waals surface area contributed by atoms with E-state index in [1.54, 1.807) is 36.4 Å². The summed E-state index contributed by atoms with van der Waals surface area (Å²) >= 11 is 5.86. The molecule has 0 aliphatic carbocycles. The van der Waals surface area contributed by atoms with Crippen LogP contribution in [0.4, 0.5) is 4.79 Å². The molecule has 154 valence electrons. The van der Waals surface area contributed by atoms with Gasteiger partial charge in [-0.1, -0.05) is 23.7 Å². The molecule has 0 unspecified atom stereocenters. The number of rotatable bonds is 9. The smallest absolute Gasteiger partial charge is 0.312 e. The average Bonchev–Trinajstić information content (AvgIpc) is 2.71. The third kappa shape index (κ3) is 6.39. The molecule has 2 aromatic rings. The van der Waals surface area contributed by atoms with Gasteiger partial charge in [0.15, 0.2) is 6.61 Å². The molecule has 1 atom stereocenters. The topological polar surface area (TPSA) is 117 Å². The number of Topliss-reactive ketones (excluding diaryl/α,β-unsaturated/α-hetero) is 1. The Labute approximate surface area is 172 Å². The van der Waals surface area contributed by atoms with Crippen LogP contribution in [-0.4, -0.2) is 38.6 Å². The zero-order chi connectivity index (χ0) is 21.4. The molecule has 2 aromatic carbocycles. The number of benzene rings is 2. The Kier molecular flexibility index (Phi) is 7.85. The number of ketones is 1. The van der Waals surface area contributed by atoms with E-state index in [0.717, 1.165) is 0 Å². The number of hydrogen-bond acceptors (Lipinski definition) is 6. The van der Waals surface area contributed by atoms with Gasteiger partial charge in [-0.15, -0.1) is 0 Å². The number of halogens is 1. The van der Waals surface area contributed by atoms with Gasteiger partial charge in [-0.3, -0.25) is 9.59 Å². The number of methoxy groups -OCH3 is 2. The summed E-state index contributed by atoms with van der Waals surface area (Å²) in [6.07, 6.45) is -0.211. The molecule has 0 aliphatic heterocycles. The minimum Gasteiger partial charge on any atom is -0.497 e. The molecule has 2 rings (SSSR count). The van der Waals surface area contributed by atoms with Gasteiger partial charge < -0.3 is 25.3 Å². The number of carbonyl (C=O) groups excluding carboxylic acids is 3. The number of esters is 1. The first kappa shape index (κ1) is 22.0. The molecule has 9 heteroatoms. The maximum Gasteiger partial charge on any atom is 0.312 e. The summed E-state index contributed by atoms with van der Waals surface area (Å²) in [4.78, 5) is 35.9. The molecule has 3 N–H and O–H groups in total. The molecule has 0 heterocycles. The van der Waals surface area contributed by atoms with Crippen LogP contribution in [0.2, 0.25) is 5.02 Å². The molecule has 2 amide bonds. The zero-order valence-corrected chi connectivity index (χ0v) is 16.7. The second-order valence-electron chi connectivity index (χ2n) is 5.97. The van der Waals surface area contributed by atoms with Crippen LogP contribution in [0.1, 0.15) is 28.4 Å². The van der Waals surface area contributed by atoms with Gasteiger partial charge in [0.2, 0.25) is 5.78 Å². The highest BCUT2D eigenvalue weighted by atomic mass is 35.5. The second kappa shape index (κ2) is 10.3. The summed E-state index contributed by atoms with van der Waals surface area (Å²) < 4.78 is 15.3. The highest BCUT2D eigenvalue weighted by Crippen LogP contribution is 2.25. The van der Waals surface area contributed by atoms with Crippen LogP contribution in [0, 0.1) is 0 Å². The Morgan fingerprint density at radius 3 is 2.34 bits per heavy atom. The van der Waals surface area contributed by atoms with Crippen LogP contribution in [0.5, 0.6) is 11.5 Å². The van der Waals surface area contributed by atoms with Gasteiger partial charge >= 0.3 is 12.0 Å². The number of hydrogen-bond donors (Lipinski definition) is 2. The minimum atomic E-state index is -0.795. The summed E-state index contributed by atoms with van der Waals surface area (Å²) in [5, 5.41) is 2.98. The SMILES string of the molecule is COc1ccc(C(=O)COC(=O)C[C@H](NC(N)=O)c2ccc(Cl)cc2)c(OC)c1. The zero-order valence-electron chi connectivity index (χ0n) is 15.9. The lowest BCUT2D eigenvalue weighted by Gasteiger charge is -2.17. The summed E-state index contributed by atoms with van der Waals surface area (Å²) in [5.41, 5.74) is 6.06. The van der Waals surface area contributed by atoms with Crippen LogP contribution in [0.25, 0.3) is 0 Å². The van der Waals surface area contributed by atoms with E-state index in [1.165, 1.54) is 20.3 Å². The Bertz CT molecular complexity index is 885. The highest BCUT2D eigenvalue weighted by Gasteiger charge is 2.20. The number of amides is 2. The van der Waals surface area contributed by atoms with E-state index < -0.39 is 30.4 Å². The lowest BCUT2D eigenvalue weighted by atomic mass is 10.0. The van der Waals surface area contributed by atoms with Crippen LogP contribution >= 0.6 is 11.6 Å². The first-order valence-corrected chi connectivity index (χ1v) is 8.94. The van der Waals surface area contributed by atoms with Crippen LogP contribution in [-0.2, 0) is 9.53 Å². The third-order valence-electron chi connectivity index (χ3n) is 4.03. The molecule has 0 fully saturated rings. The fraction of sp³-hybridized carbons (Fsp3) is 0.250. The maximum atomic E-state index is 12.4. The summed E-state index contributed by atoms with van der Waals surface area (Å²) in [7, 11) is 2.92. The van der Waals surface area contributed by atoms with E-state index in [1.807, 2.05) is 0 Å². The molecule has 0 saturated carbocycles. The van der Waals surface area contributed by atoms with E-state index in [-0.39, 0.29) is 12.0 Å². The van der Waals surface area contributed by atoms with E-state index in [2.05, 4.69) is 5.32 Å². The molecule has 0 bridgehead atoms. The Morgan fingerprint density at radius 1 is 1.07 bits per heavy atom. The molecule has 0 radical (unpaired) electrons. The number of nitrogens with two attached hydrogens (primary N) is 1. The predicted molar refractivity (Wildman–Crippen MR) is 106 cm³/mol. The monoisotopic (exact) mass is 420 g/mol. The van der Waals surface area contributed by atoms with E-state index in [0.29, 0.717) is 22.1 Å². The van der Waals surface area contributed by atoms with Crippen molar-refractivity contribution >= 4 is 29.4 Å². The number of nitrogens with one attached hydrogen (secondary N) is 1. The number of carbonyl (C=O) groups is 3. The quantitative estimate of drug-likeness (QED) is 0.476. The Balaban J connectivity index is 2.02. The fourth-order valence-corrected chi connectivity index (χ4v) is 2.72. The van der Waals surface area contributed by atoms with Gasteiger partial charge in [0.05, 0.1) is 32.2 Å². The highest BCUT2D eigenvalue weighted by molar-refractivity contribution is 6.30. The van der Waals surface area contributed by atoms with Crippen LogP contribution < -0.4 is 20.5 Å². The predicted octanol–water partition coefficient (Wildman–Crippen LogP) is 2.88. The van der Waals surface area contributed by atoms with Crippen molar-refractivity contribution in [2.75, 3.05) is 20.8 Å². The van der Waals surface area contributed by atoms with Crippen molar-refractivity contribution in [1.29, 1.82) is 0 Å². The van der Waals surface area contributed by atoms with Gasteiger partial charge in [0.25, 0.3) is 0 Å². The van der Waals surface area contributed by atoms with Gasteiger partial charge in [0, 0.05) is 11.1 Å². The molecule has 8 nitrogen and oxygen atoms in total. The number of ether oxygens (including phenoxy) is 3. The second-order valence-corrected chi connectivity index (χ2v) is 6.40. The lowest BCUT2D eigenvalue weighted by Crippen LogP contribution is -2.34. The molecule has 0 saturated heterocycles. The summed E-state index contributed by atoms with van der Waals surface area (Å²) in [6, 6.07) is 9.73. The van der Waals surface area contributed by atoms with Crippen molar-refractivity contribution in [3.8, 4) is 11.5 Å². The van der Waals surface area contributed by atoms with Gasteiger partial charge in [0.1, 0.15) is 11.5 Å². The van der Waals surface area contributed by atoms with Crippen molar-refractivity contribution in [3.63, 3.8) is 0 Å². The normalized spacial score (nSPS) is 11.3. The van der Waals surface area contributed by atoms with E-state index in [9.17, 15) is 14.4 Å². The summed E-state index contributed by atoms with van der Waals surface area (Å²) in [6.45, 7) is -0.481. The van der Waals surface area contributed by atoms with E-state index >= 15 is 0 Å².